The van der Waals surface area contributed by atoms with E-state index in [4.69, 9.17) is 16.3 Å². The highest BCUT2D eigenvalue weighted by atomic mass is 35.5. The van der Waals surface area contributed by atoms with Crippen molar-refractivity contribution >= 4 is 33.8 Å². The van der Waals surface area contributed by atoms with Gasteiger partial charge in [-0.15, -0.1) is 11.3 Å². The van der Waals surface area contributed by atoms with Crippen molar-refractivity contribution < 1.29 is 17.9 Å². The Kier molecular flexibility index (Phi) is 6.88. The van der Waals surface area contributed by atoms with Crippen molar-refractivity contribution in [3.8, 4) is 11.4 Å². The van der Waals surface area contributed by atoms with Crippen LogP contribution in [0.4, 0.5) is 24.0 Å². The number of alkyl halides is 3. The minimum absolute atomic E-state index is 0.135. The van der Waals surface area contributed by atoms with Gasteiger partial charge in [0.2, 0.25) is 0 Å². The number of hydrogen-bond donors (Lipinski definition) is 1. The van der Waals surface area contributed by atoms with Crippen LogP contribution in [0.2, 0.25) is 5.02 Å². The molecule has 12 heteroatoms. The monoisotopic (exact) mass is 513 g/mol. The molecule has 1 N–H and O–H groups in total. The molecule has 2 atom stereocenters. The van der Waals surface area contributed by atoms with E-state index in [1.807, 2.05) is 12.3 Å². The Labute approximate surface area is 203 Å². The van der Waals surface area contributed by atoms with Crippen LogP contribution in [-0.4, -0.2) is 46.4 Å². The number of anilines is 2. The van der Waals surface area contributed by atoms with Gasteiger partial charge >= 0.3 is 6.18 Å². The van der Waals surface area contributed by atoms with Crippen LogP contribution >= 0.6 is 22.9 Å². The molecule has 3 aromatic rings. The summed E-state index contributed by atoms with van der Waals surface area (Å²) >= 11 is 7.68. The van der Waals surface area contributed by atoms with E-state index in [1.165, 1.54) is 29.0 Å². The normalized spacial score (nSPS) is 18.5. The van der Waals surface area contributed by atoms with Gasteiger partial charge in [0.15, 0.2) is 5.13 Å². The highest BCUT2D eigenvalue weighted by Crippen LogP contribution is 2.35. The standard InChI is InChI=1S/C22H23ClF3N5O2S/c1-4-33-17-11-31(21-27-7-8-34-21)10-16(17)29-18-12(2)28-19(30(3)20(18)32)14-6-5-13(9-15(14)23)22(24,25)26/h5-9,16-17,29H,4,10-11H2,1-3H3/t16?,17-/m0/s1. The molecule has 0 radical (unpaired) electrons. The van der Waals surface area contributed by atoms with Crippen molar-refractivity contribution in [1.29, 1.82) is 0 Å². The SMILES string of the molecule is CCO[C@H]1CN(c2nccs2)CC1Nc1c(C)nc(-c2ccc(C(F)(F)F)cc2Cl)n(C)c1=O. The number of nitrogens with one attached hydrogen (secondary N) is 1. The highest BCUT2D eigenvalue weighted by Gasteiger charge is 2.36. The maximum atomic E-state index is 13.3. The Morgan fingerprint density at radius 2 is 2.09 bits per heavy atom. The van der Waals surface area contributed by atoms with E-state index >= 15 is 0 Å². The smallest absolute Gasteiger partial charge is 0.374 e. The van der Waals surface area contributed by atoms with E-state index in [9.17, 15) is 18.0 Å². The van der Waals surface area contributed by atoms with Crippen LogP contribution in [0.25, 0.3) is 11.4 Å². The second-order valence-corrected chi connectivity index (χ2v) is 9.20. The Bertz CT molecular complexity index is 1230. The number of hydrogen-bond acceptors (Lipinski definition) is 7. The van der Waals surface area contributed by atoms with E-state index in [1.54, 1.807) is 13.1 Å². The largest absolute Gasteiger partial charge is 0.416 e. The molecule has 0 aliphatic carbocycles. The molecule has 0 bridgehead atoms. The molecule has 0 amide bonds. The fraction of sp³-hybridized carbons (Fsp3) is 0.409. The summed E-state index contributed by atoms with van der Waals surface area (Å²) in [5, 5.41) is 5.95. The lowest BCUT2D eigenvalue weighted by atomic mass is 10.1. The molecule has 1 aliphatic rings. The zero-order valence-electron chi connectivity index (χ0n) is 18.7. The molecule has 1 saturated heterocycles. The average Bonchev–Trinajstić information content (AvgIpc) is 3.44. The predicted molar refractivity (Wildman–Crippen MR) is 127 cm³/mol. The molecule has 1 aliphatic heterocycles. The lowest BCUT2D eigenvalue weighted by molar-refractivity contribution is -0.137. The lowest BCUT2D eigenvalue weighted by Crippen LogP contribution is -2.38. The Morgan fingerprint density at radius 1 is 1.32 bits per heavy atom. The van der Waals surface area contributed by atoms with Gasteiger partial charge in [0.1, 0.15) is 11.5 Å². The number of thiazole rings is 1. The third-order valence-electron chi connectivity index (χ3n) is 5.68. The molecule has 182 valence electrons. The Balaban J connectivity index is 1.65. The summed E-state index contributed by atoms with van der Waals surface area (Å²) in [6.45, 7) is 5.33. The van der Waals surface area contributed by atoms with Gasteiger partial charge in [-0.05, 0) is 32.0 Å². The second-order valence-electron chi connectivity index (χ2n) is 7.92. The molecule has 34 heavy (non-hydrogen) atoms. The van der Waals surface area contributed by atoms with Gasteiger partial charge in [-0.1, -0.05) is 11.6 Å². The minimum Gasteiger partial charge on any atom is -0.374 e. The van der Waals surface area contributed by atoms with Gasteiger partial charge in [-0.2, -0.15) is 13.2 Å². The van der Waals surface area contributed by atoms with Gasteiger partial charge < -0.3 is 15.0 Å². The molecule has 4 rings (SSSR count). The number of benzene rings is 1. The number of ether oxygens (including phenoxy) is 1. The highest BCUT2D eigenvalue weighted by molar-refractivity contribution is 7.13. The van der Waals surface area contributed by atoms with Crippen LogP contribution in [0.1, 0.15) is 18.2 Å². The van der Waals surface area contributed by atoms with Crippen molar-refractivity contribution in [3.63, 3.8) is 0 Å². The Morgan fingerprint density at radius 3 is 2.71 bits per heavy atom. The number of halogens is 4. The van der Waals surface area contributed by atoms with E-state index in [0.29, 0.717) is 31.1 Å². The van der Waals surface area contributed by atoms with Crippen molar-refractivity contribution in [3.05, 3.63) is 56.4 Å². The van der Waals surface area contributed by atoms with E-state index in [2.05, 4.69) is 20.2 Å². The first-order chi connectivity index (χ1) is 16.1. The third-order valence-corrected chi connectivity index (χ3v) is 6.82. The topological polar surface area (TPSA) is 72.3 Å². The molecule has 7 nitrogen and oxygen atoms in total. The van der Waals surface area contributed by atoms with Gasteiger partial charge in [-0.25, -0.2) is 9.97 Å². The van der Waals surface area contributed by atoms with Crippen LogP contribution in [0.3, 0.4) is 0 Å². The zero-order valence-corrected chi connectivity index (χ0v) is 20.3. The number of nitrogens with zero attached hydrogens (tertiary/aromatic N) is 4. The molecule has 1 aromatic carbocycles. The maximum absolute atomic E-state index is 13.3. The molecule has 2 aromatic heterocycles. The van der Waals surface area contributed by atoms with E-state index < -0.39 is 11.7 Å². The fourth-order valence-corrected chi connectivity index (χ4v) is 4.93. The van der Waals surface area contributed by atoms with Gasteiger partial charge in [0, 0.05) is 43.9 Å². The molecular formula is C22H23ClF3N5O2S. The number of aryl methyl sites for hydroxylation is 1. The summed E-state index contributed by atoms with van der Waals surface area (Å²) in [6, 6.07) is 2.81. The van der Waals surface area contributed by atoms with Crippen LogP contribution < -0.4 is 15.8 Å². The summed E-state index contributed by atoms with van der Waals surface area (Å²) in [4.78, 5) is 24.2. The quantitative estimate of drug-likeness (QED) is 0.520. The average molecular weight is 514 g/mol. The van der Waals surface area contributed by atoms with E-state index in [0.717, 1.165) is 17.3 Å². The first-order valence-electron chi connectivity index (χ1n) is 10.6. The predicted octanol–water partition coefficient (Wildman–Crippen LogP) is 4.59. The lowest BCUT2D eigenvalue weighted by Gasteiger charge is -2.22. The van der Waals surface area contributed by atoms with Gasteiger partial charge in [-0.3, -0.25) is 9.36 Å². The molecule has 1 unspecified atom stereocenters. The van der Waals surface area contributed by atoms with Crippen molar-refractivity contribution in [2.75, 3.05) is 29.9 Å². The van der Waals surface area contributed by atoms with Crippen LogP contribution in [0, 0.1) is 6.92 Å². The summed E-state index contributed by atoms with van der Waals surface area (Å²) in [6.07, 6.45) is -2.94. The molecule has 0 saturated carbocycles. The van der Waals surface area contributed by atoms with Gasteiger partial charge in [0.25, 0.3) is 5.56 Å². The zero-order chi connectivity index (χ0) is 24.6. The fourth-order valence-electron chi connectivity index (χ4n) is 4.00. The molecule has 3 heterocycles. The maximum Gasteiger partial charge on any atom is 0.416 e. The van der Waals surface area contributed by atoms with Crippen LogP contribution in [0.15, 0.2) is 34.6 Å². The summed E-state index contributed by atoms with van der Waals surface area (Å²) < 4.78 is 46.2. The van der Waals surface area contributed by atoms with E-state index in [-0.39, 0.29) is 34.1 Å². The third kappa shape index (κ3) is 4.77. The number of aromatic nitrogens is 3. The van der Waals surface area contributed by atoms with Crippen LogP contribution in [-0.2, 0) is 18.0 Å². The first kappa shape index (κ1) is 24.5. The summed E-state index contributed by atoms with van der Waals surface area (Å²) in [7, 11) is 1.51. The Hall–Kier alpha value is -2.63. The van der Waals surface area contributed by atoms with Crippen molar-refractivity contribution in [2.24, 2.45) is 7.05 Å². The molecule has 0 spiro atoms. The summed E-state index contributed by atoms with van der Waals surface area (Å²) in [5.74, 6) is 0.184. The first-order valence-corrected chi connectivity index (χ1v) is 11.8. The molecular weight excluding hydrogens is 491 g/mol. The van der Waals surface area contributed by atoms with Crippen molar-refractivity contribution in [2.45, 2.75) is 32.2 Å². The second kappa shape index (κ2) is 9.55. The minimum atomic E-state index is -4.52. The van der Waals surface area contributed by atoms with Crippen LogP contribution in [0.5, 0.6) is 0 Å². The van der Waals surface area contributed by atoms with Gasteiger partial charge in [0.05, 0.1) is 28.4 Å². The van der Waals surface area contributed by atoms with Crippen molar-refractivity contribution in [1.82, 2.24) is 14.5 Å². The summed E-state index contributed by atoms with van der Waals surface area (Å²) in [5.41, 5.74) is -0.260. The molecule has 1 fully saturated rings. The number of rotatable bonds is 6.